The molecule has 3 rings (SSSR count). The molecule has 0 aromatic heterocycles. The fourth-order valence-electron chi connectivity index (χ4n) is 2.55. The van der Waals surface area contributed by atoms with Crippen LogP contribution in [0.2, 0.25) is 0 Å². The lowest BCUT2D eigenvalue weighted by Gasteiger charge is -2.07. The zero-order valence-corrected chi connectivity index (χ0v) is 13.0. The molecular weight excluding hydrogens is 304 g/mol. The second kappa shape index (κ2) is 6.42. The van der Waals surface area contributed by atoms with Gasteiger partial charge in [0.2, 0.25) is 0 Å². The molecule has 3 aromatic rings. The van der Waals surface area contributed by atoms with Crippen molar-refractivity contribution in [2.45, 2.75) is 6.92 Å². The summed E-state index contributed by atoms with van der Waals surface area (Å²) in [6.45, 7) is 1.63. The third-order valence-corrected chi connectivity index (χ3v) is 3.68. The van der Waals surface area contributed by atoms with E-state index in [2.05, 4.69) is 10.5 Å². The number of hydrogen-bond acceptors (Lipinski definition) is 4. The summed E-state index contributed by atoms with van der Waals surface area (Å²) >= 11 is 0. The molecule has 5 heteroatoms. The van der Waals surface area contributed by atoms with Crippen LogP contribution in [-0.4, -0.2) is 22.3 Å². The second-order valence-electron chi connectivity index (χ2n) is 5.46. The number of fused-ring (bicyclic) bond motifs is 1. The highest BCUT2D eigenvalue weighted by atomic mass is 16.3. The molecule has 24 heavy (non-hydrogen) atoms. The fraction of sp³-hybridized carbons (Fsp3) is 0.0526. The maximum absolute atomic E-state index is 12.1. The van der Waals surface area contributed by atoms with Gasteiger partial charge in [0.25, 0.3) is 5.91 Å². The Kier molecular flexibility index (Phi) is 4.16. The van der Waals surface area contributed by atoms with Crippen LogP contribution < -0.4 is 5.43 Å². The van der Waals surface area contributed by atoms with Gasteiger partial charge in [0.1, 0.15) is 11.5 Å². The number of aryl methyl sites for hydroxylation is 1. The minimum atomic E-state index is -0.540. The Labute approximate surface area is 138 Å². The SMILES string of the molecule is Cc1cc(O)cc(O)c1C(=O)N/N=C/c1ccc2ccccc2c1. The standard InChI is InChI=1S/C19H16N2O3/c1-12-8-16(22)10-17(23)18(12)19(24)21-20-11-13-6-7-14-4-2-3-5-15(14)9-13/h2-11,22-23H,1H3,(H,21,24)/b20-11+. The van der Waals surface area contributed by atoms with Crippen molar-refractivity contribution in [1.82, 2.24) is 5.43 Å². The number of nitrogens with one attached hydrogen (secondary N) is 1. The number of hydrogen-bond donors (Lipinski definition) is 3. The van der Waals surface area contributed by atoms with E-state index in [-0.39, 0.29) is 17.1 Å². The fourth-order valence-corrected chi connectivity index (χ4v) is 2.55. The molecule has 0 spiro atoms. The van der Waals surface area contributed by atoms with E-state index in [1.807, 2.05) is 42.5 Å². The lowest BCUT2D eigenvalue weighted by Crippen LogP contribution is -2.18. The molecular formula is C19H16N2O3. The molecule has 0 aliphatic rings. The summed E-state index contributed by atoms with van der Waals surface area (Å²) < 4.78 is 0. The normalized spacial score (nSPS) is 11.0. The summed E-state index contributed by atoms with van der Waals surface area (Å²) in [5.74, 6) is -0.922. The van der Waals surface area contributed by atoms with Crippen molar-refractivity contribution >= 4 is 22.9 Å². The lowest BCUT2D eigenvalue weighted by atomic mass is 10.1. The molecule has 0 fully saturated rings. The zero-order valence-electron chi connectivity index (χ0n) is 13.0. The summed E-state index contributed by atoms with van der Waals surface area (Å²) in [5.41, 5.74) is 3.78. The van der Waals surface area contributed by atoms with Gasteiger partial charge < -0.3 is 10.2 Å². The maximum atomic E-state index is 12.1. The monoisotopic (exact) mass is 320 g/mol. The number of hydrazone groups is 1. The molecule has 0 radical (unpaired) electrons. The largest absolute Gasteiger partial charge is 0.508 e. The summed E-state index contributed by atoms with van der Waals surface area (Å²) in [6, 6.07) is 16.3. The Morgan fingerprint density at radius 1 is 1.04 bits per heavy atom. The van der Waals surface area contributed by atoms with E-state index in [0.717, 1.165) is 22.4 Å². The number of carbonyl (C=O) groups is 1. The molecule has 3 N–H and O–H groups in total. The van der Waals surface area contributed by atoms with Crippen molar-refractivity contribution in [2.75, 3.05) is 0 Å². The maximum Gasteiger partial charge on any atom is 0.275 e. The molecule has 0 aliphatic carbocycles. The first-order chi connectivity index (χ1) is 11.5. The smallest absolute Gasteiger partial charge is 0.275 e. The molecule has 0 saturated carbocycles. The van der Waals surface area contributed by atoms with Gasteiger partial charge in [0.05, 0.1) is 11.8 Å². The third-order valence-electron chi connectivity index (χ3n) is 3.68. The van der Waals surface area contributed by atoms with Gasteiger partial charge in [-0.1, -0.05) is 36.4 Å². The van der Waals surface area contributed by atoms with E-state index in [9.17, 15) is 15.0 Å². The van der Waals surface area contributed by atoms with E-state index < -0.39 is 5.91 Å². The molecule has 3 aromatic carbocycles. The Morgan fingerprint density at radius 2 is 1.79 bits per heavy atom. The molecule has 5 nitrogen and oxygen atoms in total. The predicted molar refractivity (Wildman–Crippen MR) is 93.5 cm³/mol. The van der Waals surface area contributed by atoms with Crippen LogP contribution in [-0.2, 0) is 0 Å². The lowest BCUT2D eigenvalue weighted by molar-refractivity contribution is 0.0952. The first kappa shape index (κ1) is 15.6. The van der Waals surface area contributed by atoms with Gasteiger partial charge in [0.15, 0.2) is 0 Å². The van der Waals surface area contributed by atoms with Gasteiger partial charge in [-0.05, 0) is 41.0 Å². The van der Waals surface area contributed by atoms with E-state index in [4.69, 9.17) is 0 Å². The first-order valence-electron chi connectivity index (χ1n) is 7.39. The van der Waals surface area contributed by atoms with Gasteiger partial charge in [-0.2, -0.15) is 5.10 Å². The van der Waals surface area contributed by atoms with Gasteiger partial charge in [-0.3, -0.25) is 4.79 Å². The van der Waals surface area contributed by atoms with Crippen molar-refractivity contribution < 1.29 is 15.0 Å². The van der Waals surface area contributed by atoms with Crippen LogP contribution in [0.5, 0.6) is 11.5 Å². The van der Waals surface area contributed by atoms with Crippen LogP contribution in [0, 0.1) is 6.92 Å². The van der Waals surface area contributed by atoms with Crippen LogP contribution in [0.1, 0.15) is 21.5 Å². The van der Waals surface area contributed by atoms with Crippen molar-refractivity contribution in [2.24, 2.45) is 5.10 Å². The number of amides is 1. The molecule has 0 bridgehead atoms. The number of aromatic hydroxyl groups is 2. The first-order valence-corrected chi connectivity index (χ1v) is 7.39. The van der Waals surface area contributed by atoms with E-state index >= 15 is 0 Å². The highest BCUT2D eigenvalue weighted by Gasteiger charge is 2.14. The van der Waals surface area contributed by atoms with Crippen LogP contribution in [0.3, 0.4) is 0 Å². The molecule has 0 heterocycles. The quantitative estimate of drug-likeness (QED) is 0.511. The summed E-state index contributed by atoms with van der Waals surface area (Å²) in [6.07, 6.45) is 1.54. The van der Waals surface area contributed by atoms with Gasteiger partial charge in [-0.15, -0.1) is 0 Å². The van der Waals surface area contributed by atoms with Crippen LogP contribution in [0.25, 0.3) is 10.8 Å². The average molecular weight is 320 g/mol. The number of phenolic OH excluding ortho intramolecular Hbond substituents is 2. The Morgan fingerprint density at radius 3 is 2.54 bits per heavy atom. The van der Waals surface area contributed by atoms with Gasteiger partial charge >= 0.3 is 0 Å². The van der Waals surface area contributed by atoms with Gasteiger partial charge in [0, 0.05) is 6.07 Å². The topological polar surface area (TPSA) is 81.9 Å². The van der Waals surface area contributed by atoms with E-state index in [0.29, 0.717) is 5.56 Å². The number of nitrogens with zero attached hydrogens (tertiary/aromatic N) is 1. The summed E-state index contributed by atoms with van der Waals surface area (Å²) in [7, 11) is 0. The molecule has 120 valence electrons. The summed E-state index contributed by atoms with van der Waals surface area (Å²) in [4.78, 5) is 12.1. The van der Waals surface area contributed by atoms with Crippen LogP contribution in [0.15, 0.2) is 59.7 Å². The van der Waals surface area contributed by atoms with Crippen LogP contribution in [0.4, 0.5) is 0 Å². The molecule has 0 atom stereocenters. The molecule has 0 saturated heterocycles. The van der Waals surface area contributed by atoms with Gasteiger partial charge in [-0.25, -0.2) is 5.43 Å². The van der Waals surface area contributed by atoms with E-state index in [1.165, 1.54) is 12.3 Å². The zero-order chi connectivity index (χ0) is 17.1. The van der Waals surface area contributed by atoms with E-state index in [1.54, 1.807) is 6.92 Å². The third kappa shape index (κ3) is 3.20. The Balaban J connectivity index is 1.77. The second-order valence-corrected chi connectivity index (χ2v) is 5.46. The minimum absolute atomic E-state index is 0.0865. The number of benzene rings is 3. The number of phenols is 2. The molecule has 0 unspecified atom stereocenters. The minimum Gasteiger partial charge on any atom is -0.508 e. The Bertz CT molecular complexity index is 925. The predicted octanol–water partition coefficient (Wildman–Crippen LogP) is 3.32. The molecule has 0 aliphatic heterocycles. The Hall–Kier alpha value is -3.34. The van der Waals surface area contributed by atoms with Crippen molar-refractivity contribution in [1.29, 1.82) is 0 Å². The molecule has 1 amide bonds. The van der Waals surface area contributed by atoms with Crippen LogP contribution >= 0.6 is 0 Å². The van der Waals surface area contributed by atoms with Crippen molar-refractivity contribution in [3.63, 3.8) is 0 Å². The van der Waals surface area contributed by atoms with Crippen molar-refractivity contribution in [3.8, 4) is 11.5 Å². The highest BCUT2D eigenvalue weighted by Crippen LogP contribution is 2.26. The van der Waals surface area contributed by atoms with Crippen molar-refractivity contribution in [3.05, 3.63) is 71.3 Å². The summed E-state index contributed by atoms with van der Waals surface area (Å²) in [5, 5.41) is 25.3. The number of rotatable bonds is 3. The average Bonchev–Trinajstić information content (AvgIpc) is 2.54. The highest BCUT2D eigenvalue weighted by molar-refractivity contribution is 5.99. The number of carbonyl (C=O) groups excluding carboxylic acids is 1.